The fraction of sp³-hybridized carbons (Fsp3) is 0.154. The number of H-pyrrole nitrogens is 1. The maximum absolute atomic E-state index is 13.5. The number of ether oxygens (including phenoxy) is 2. The van der Waals surface area contributed by atoms with Crippen molar-refractivity contribution in [3.05, 3.63) is 100 Å². The minimum absolute atomic E-state index is 0.124. The maximum atomic E-state index is 13.5. The number of carbonyl (C=O) groups excluding carboxylic acids is 1. The molecule has 32 heavy (non-hydrogen) atoms. The number of pyridine rings is 1. The van der Waals surface area contributed by atoms with Gasteiger partial charge < -0.3 is 19.4 Å². The van der Waals surface area contributed by atoms with Gasteiger partial charge in [0.2, 0.25) is 0 Å². The normalized spacial score (nSPS) is 10.7. The smallest absolute Gasteiger partial charge is 0.258 e. The molecule has 4 aromatic rings. The number of para-hydroxylation sites is 1. The molecule has 6 heteroatoms. The molecule has 0 atom stereocenters. The minimum Gasteiger partial charge on any atom is -0.497 e. The first-order valence-corrected chi connectivity index (χ1v) is 10.4. The Morgan fingerprint density at radius 1 is 0.938 bits per heavy atom. The second kappa shape index (κ2) is 9.39. The van der Waals surface area contributed by atoms with Crippen molar-refractivity contribution >= 4 is 22.5 Å². The van der Waals surface area contributed by atoms with E-state index >= 15 is 0 Å². The van der Waals surface area contributed by atoms with Crippen LogP contribution in [0.1, 0.15) is 22.8 Å². The summed E-state index contributed by atoms with van der Waals surface area (Å²) in [5, 5.41) is 0.908. The molecule has 162 valence electrons. The van der Waals surface area contributed by atoms with Crippen LogP contribution in [0.15, 0.2) is 83.7 Å². The first-order valence-electron chi connectivity index (χ1n) is 10.4. The van der Waals surface area contributed by atoms with Crippen LogP contribution < -0.4 is 19.9 Å². The van der Waals surface area contributed by atoms with Gasteiger partial charge in [-0.3, -0.25) is 9.59 Å². The van der Waals surface area contributed by atoms with Crippen LogP contribution in [-0.4, -0.2) is 24.6 Å². The second-order valence-corrected chi connectivity index (χ2v) is 7.26. The van der Waals surface area contributed by atoms with Gasteiger partial charge in [-0.05, 0) is 73.0 Å². The van der Waals surface area contributed by atoms with Crippen LogP contribution in [0.2, 0.25) is 0 Å². The minimum atomic E-state index is -0.220. The summed E-state index contributed by atoms with van der Waals surface area (Å²) in [7, 11) is 1.58. The van der Waals surface area contributed by atoms with Crippen molar-refractivity contribution in [3.63, 3.8) is 0 Å². The average molecular weight is 428 g/mol. The van der Waals surface area contributed by atoms with Crippen molar-refractivity contribution in [2.75, 3.05) is 18.6 Å². The summed E-state index contributed by atoms with van der Waals surface area (Å²) < 4.78 is 10.7. The fourth-order valence-electron chi connectivity index (χ4n) is 3.54. The number of nitrogens with one attached hydrogen (secondary N) is 1. The summed E-state index contributed by atoms with van der Waals surface area (Å²) in [4.78, 5) is 30.7. The Bertz CT molecular complexity index is 1280. The van der Waals surface area contributed by atoms with Crippen molar-refractivity contribution in [1.29, 1.82) is 0 Å². The van der Waals surface area contributed by atoms with Gasteiger partial charge in [-0.15, -0.1) is 0 Å². The topological polar surface area (TPSA) is 71.6 Å². The highest BCUT2D eigenvalue weighted by atomic mass is 16.5. The number of hydrogen-bond donors (Lipinski definition) is 1. The summed E-state index contributed by atoms with van der Waals surface area (Å²) in [6.07, 6.45) is 0. The van der Waals surface area contributed by atoms with E-state index in [0.717, 1.165) is 16.7 Å². The molecule has 0 aliphatic rings. The summed E-state index contributed by atoms with van der Waals surface area (Å²) in [5.41, 5.74) is 2.20. The number of hydrogen-bond acceptors (Lipinski definition) is 4. The van der Waals surface area contributed by atoms with Crippen LogP contribution in [0.25, 0.3) is 10.9 Å². The molecule has 1 heterocycles. The third-order valence-electron chi connectivity index (χ3n) is 5.20. The lowest BCUT2D eigenvalue weighted by Gasteiger charge is -2.23. The van der Waals surface area contributed by atoms with Crippen LogP contribution >= 0.6 is 0 Å². The number of methoxy groups -OCH3 is 1. The van der Waals surface area contributed by atoms with Gasteiger partial charge in [0.15, 0.2) is 0 Å². The van der Waals surface area contributed by atoms with Gasteiger partial charge in [-0.1, -0.05) is 18.2 Å². The van der Waals surface area contributed by atoms with E-state index in [9.17, 15) is 9.59 Å². The number of amides is 1. The third kappa shape index (κ3) is 4.49. The van der Waals surface area contributed by atoms with Crippen molar-refractivity contribution in [2.24, 2.45) is 0 Å². The van der Waals surface area contributed by atoms with Gasteiger partial charge in [-0.25, -0.2) is 0 Å². The Balaban J connectivity index is 1.73. The summed E-state index contributed by atoms with van der Waals surface area (Å²) >= 11 is 0. The Labute approximate surface area is 186 Å². The molecule has 0 aliphatic carbocycles. The lowest BCUT2D eigenvalue weighted by molar-refractivity contribution is 0.0985. The van der Waals surface area contributed by atoms with E-state index in [1.807, 2.05) is 61.5 Å². The van der Waals surface area contributed by atoms with E-state index in [0.29, 0.717) is 29.2 Å². The summed E-state index contributed by atoms with van der Waals surface area (Å²) in [6, 6.07) is 23.6. The summed E-state index contributed by atoms with van der Waals surface area (Å²) in [6.45, 7) is 2.60. The molecule has 1 N–H and O–H groups in total. The third-order valence-corrected chi connectivity index (χ3v) is 5.20. The SMILES string of the molecule is CCOc1ccc(N(Cc2cc3ccccc3[nH]c2=O)C(=O)c2ccc(OC)cc2)cc1. The van der Waals surface area contributed by atoms with Gasteiger partial charge in [0.05, 0.1) is 20.3 Å². The standard InChI is InChI=1S/C26H24N2O4/c1-3-32-23-14-10-21(11-15-23)28(26(30)18-8-12-22(31-2)13-9-18)17-20-16-19-6-4-5-7-24(19)27-25(20)29/h4-16H,3,17H2,1-2H3,(H,27,29). The number of fused-ring (bicyclic) bond motifs is 1. The lowest BCUT2D eigenvalue weighted by atomic mass is 10.1. The van der Waals surface area contributed by atoms with Gasteiger partial charge >= 0.3 is 0 Å². The van der Waals surface area contributed by atoms with E-state index in [1.165, 1.54) is 0 Å². The molecule has 0 fully saturated rings. The van der Waals surface area contributed by atoms with Gasteiger partial charge in [0, 0.05) is 22.3 Å². The number of rotatable bonds is 7. The molecule has 0 spiro atoms. The van der Waals surface area contributed by atoms with E-state index in [2.05, 4.69) is 4.98 Å². The molecule has 1 aromatic heterocycles. The zero-order valence-corrected chi connectivity index (χ0v) is 18.0. The van der Waals surface area contributed by atoms with E-state index in [1.54, 1.807) is 36.3 Å². The second-order valence-electron chi connectivity index (χ2n) is 7.26. The highest BCUT2D eigenvalue weighted by molar-refractivity contribution is 6.06. The van der Waals surface area contributed by atoms with Gasteiger partial charge in [-0.2, -0.15) is 0 Å². The fourth-order valence-corrected chi connectivity index (χ4v) is 3.54. The van der Waals surface area contributed by atoms with Gasteiger partial charge in [0.25, 0.3) is 11.5 Å². The van der Waals surface area contributed by atoms with Gasteiger partial charge in [0.1, 0.15) is 11.5 Å². The highest BCUT2D eigenvalue weighted by Gasteiger charge is 2.20. The first kappa shape index (κ1) is 21.2. The predicted molar refractivity (Wildman–Crippen MR) is 126 cm³/mol. The van der Waals surface area contributed by atoms with Crippen molar-refractivity contribution in [2.45, 2.75) is 13.5 Å². The molecule has 0 bridgehead atoms. The average Bonchev–Trinajstić information content (AvgIpc) is 2.83. The zero-order chi connectivity index (χ0) is 22.5. The number of benzene rings is 3. The first-order chi connectivity index (χ1) is 15.6. The number of aromatic nitrogens is 1. The van der Waals surface area contributed by atoms with Crippen molar-refractivity contribution in [3.8, 4) is 11.5 Å². The molecule has 1 amide bonds. The molecule has 0 saturated carbocycles. The number of carbonyl (C=O) groups is 1. The Kier molecular flexibility index (Phi) is 6.22. The van der Waals surface area contributed by atoms with Crippen LogP contribution in [0.5, 0.6) is 11.5 Å². The molecule has 0 saturated heterocycles. The van der Waals surface area contributed by atoms with Crippen molar-refractivity contribution in [1.82, 2.24) is 4.98 Å². The molecule has 0 radical (unpaired) electrons. The number of nitrogens with zero attached hydrogens (tertiary/aromatic N) is 1. The van der Waals surface area contributed by atoms with Crippen molar-refractivity contribution < 1.29 is 14.3 Å². The number of anilines is 1. The molecule has 6 nitrogen and oxygen atoms in total. The monoisotopic (exact) mass is 428 g/mol. The summed E-state index contributed by atoms with van der Waals surface area (Å²) in [5.74, 6) is 1.17. The quantitative estimate of drug-likeness (QED) is 0.460. The molecular formula is C26H24N2O4. The zero-order valence-electron chi connectivity index (χ0n) is 18.0. The Morgan fingerprint density at radius 2 is 1.62 bits per heavy atom. The molecule has 3 aromatic carbocycles. The van der Waals surface area contributed by atoms with E-state index in [4.69, 9.17) is 9.47 Å². The lowest BCUT2D eigenvalue weighted by Crippen LogP contribution is -2.32. The molecule has 0 aliphatic heterocycles. The Morgan fingerprint density at radius 3 is 2.31 bits per heavy atom. The number of aromatic amines is 1. The van der Waals surface area contributed by atoms with Crippen LogP contribution in [0.4, 0.5) is 5.69 Å². The maximum Gasteiger partial charge on any atom is 0.258 e. The van der Waals surface area contributed by atoms with E-state index < -0.39 is 0 Å². The van der Waals surface area contributed by atoms with Crippen LogP contribution in [0.3, 0.4) is 0 Å². The molecule has 0 unspecified atom stereocenters. The van der Waals surface area contributed by atoms with Crippen LogP contribution in [-0.2, 0) is 6.54 Å². The van der Waals surface area contributed by atoms with Crippen LogP contribution in [0, 0.1) is 0 Å². The largest absolute Gasteiger partial charge is 0.497 e. The molecule has 4 rings (SSSR count). The highest BCUT2D eigenvalue weighted by Crippen LogP contribution is 2.24. The van der Waals surface area contributed by atoms with E-state index in [-0.39, 0.29) is 18.0 Å². The predicted octanol–water partition coefficient (Wildman–Crippen LogP) is 4.78. The molecular weight excluding hydrogens is 404 g/mol. The Hall–Kier alpha value is -4.06.